The van der Waals surface area contributed by atoms with Crippen molar-refractivity contribution in [2.24, 2.45) is 46.1 Å². The molecule has 0 unspecified atom stereocenters. The molecule has 5 aromatic carbocycles. The van der Waals surface area contributed by atoms with Gasteiger partial charge in [0.25, 0.3) is 0 Å². The normalized spacial score (nSPS) is 18.5. The number of hydrogen-bond donors (Lipinski definition) is 0. The summed E-state index contributed by atoms with van der Waals surface area (Å²) >= 11 is 0. The molecule has 0 radical (unpaired) electrons. The third kappa shape index (κ3) is 17.6. The Kier molecular flexibility index (Phi) is 28.4. The number of hydrogen-bond acceptors (Lipinski definition) is 0. The van der Waals surface area contributed by atoms with E-state index in [1.165, 1.54) is 309 Å². The third-order valence-electron chi connectivity index (χ3n) is 30.1. The van der Waals surface area contributed by atoms with E-state index in [0.717, 1.165) is 0 Å². The molecule has 0 atom stereocenters. The van der Waals surface area contributed by atoms with E-state index in [-0.39, 0.29) is 37.1 Å². The van der Waals surface area contributed by atoms with Crippen molar-refractivity contribution in [1.82, 2.24) is 0 Å². The minimum absolute atomic E-state index is 0. The van der Waals surface area contributed by atoms with Crippen molar-refractivity contribution in [1.29, 1.82) is 0 Å². The molecule has 5 heteroatoms. The fourth-order valence-corrected chi connectivity index (χ4v) is 23.9. The summed E-state index contributed by atoms with van der Waals surface area (Å²) in [4.78, 5) is 0. The number of benzene rings is 5. The van der Waals surface area contributed by atoms with Gasteiger partial charge in [0.05, 0.1) is 0 Å². The molecule has 0 saturated heterocycles. The molecule has 5 nitrogen and oxygen atoms in total. The van der Waals surface area contributed by atoms with Crippen molar-refractivity contribution in [3.63, 3.8) is 0 Å². The lowest BCUT2D eigenvalue weighted by Crippen LogP contribution is -2.37. The monoisotopic (exact) mass is 1540 g/mol. The first kappa shape index (κ1) is 87.7. The zero-order chi connectivity index (χ0) is 75.8. The van der Waals surface area contributed by atoms with Crippen LogP contribution in [0.5, 0.6) is 0 Å². The molecule has 5 saturated carbocycles. The summed E-state index contributed by atoms with van der Waals surface area (Å²) in [6.07, 6.45) is 56.0. The van der Waals surface area contributed by atoms with Gasteiger partial charge in [-0.15, -0.1) is 0 Å². The predicted molar refractivity (Wildman–Crippen MR) is 488 cm³/mol. The molecule has 5 aromatic heterocycles. The first-order valence-electron chi connectivity index (χ1n) is 43.9. The Morgan fingerprint density at radius 1 is 0.235 bits per heavy atom. The summed E-state index contributed by atoms with van der Waals surface area (Å²) in [6, 6.07) is 60.8. The fraction of sp³-hybridized carbons (Fsp3) is 0.500. The van der Waals surface area contributed by atoms with Gasteiger partial charge in [-0.05, 0) is 253 Å². The second kappa shape index (κ2) is 37.2. The van der Waals surface area contributed by atoms with Crippen LogP contribution in [0.1, 0.15) is 301 Å². The van der Waals surface area contributed by atoms with Gasteiger partial charge >= 0.3 is 0 Å². The molecule has 10 aliphatic rings. The van der Waals surface area contributed by atoms with E-state index in [0.29, 0.717) is 27.1 Å². The molecule has 0 aliphatic heterocycles. The summed E-state index contributed by atoms with van der Waals surface area (Å²) in [7, 11) is 11.2. The van der Waals surface area contributed by atoms with E-state index in [1.54, 1.807) is 55.9 Å². The third-order valence-corrected chi connectivity index (χ3v) is 30.1. The van der Waals surface area contributed by atoms with E-state index < -0.39 is 0 Å². The van der Waals surface area contributed by atoms with Crippen molar-refractivity contribution in [2.45, 2.75) is 313 Å². The molecule has 5 heterocycles. The number of fused-ring (bicyclic) bond motifs is 8. The minimum Gasteiger partial charge on any atom is -0.201 e. The lowest BCUT2D eigenvalue weighted by molar-refractivity contribution is -0.668. The molecule has 5 spiro atoms. The highest BCUT2D eigenvalue weighted by atomic mass is 15.0. The van der Waals surface area contributed by atoms with Crippen molar-refractivity contribution in [3.05, 3.63) is 266 Å². The van der Waals surface area contributed by atoms with Crippen molar-refractivity contribution >= 4 is 0 Å². The number of aryl methyl sites for hydroxylation is 10. The van der Waals surface area contributed by atoms with Gasteiger partial charge in [-0.3, -0.25) is 0 Å². The average molecular weight is 1540 g/mol. The van der Waals surface area contributed by atoms with E-state index in [2.05, 4.69) is 275 Å². The number of rotatable bonds is 5. The van der Waals surface area contributed by atoms with Crippen LogP contribution in [0, 0.1) is 45.4 Å². The Hall–Kier alpha value is -8.15. The van der Waals surface area contributed by atoms with Crippen molar-refractivity contribution in [2.75, 3.05) is 0 Å². The molecule has 5 fully saturated rings. The van der Waals surface area contributed by atoms with Crippen LogP contribution in [0.4, 0.5) is 0 Å². The van der Waals surface area contributed by atoms with Gasteiger partial charge in [-0.25, -0.2) is 13.7 Å². The van der Waals surface area contributed by atoms with Gasteiger partial charge in [0.2, 0.25) is 28.5 Å². The lowest BCUT2D eigenvalue weighted by Gasteiger charge is -2.34. The van der Waals surface area contributed by atoms with Crippen LogP contribution in [0.25, 0.3) is 56.3 Å². The number of nitrogens with zero attached hydrogens (tertiary/aromatic N) is 5. The van der Waals surface area contributed by atoms with Crippen LogP contribution in [0.15, 0.2) is 182 Å². The molecule has 10 aromatic rings. The van der Waals surface area contributed by atoms with Crippen molar-refractivity contribution in [3.8, 4) is 56.3 Å². The van der Waals surface area contributed by atoms with Crippen LogP contribution < -0.4 is 22.8 Å². The summed E-state index contributed by atoms with van der Waals surface area (Å²) < 4.78 is 12.0. The van der Waals surface area contributed by atoms with Gasteiger partial charge in [0.15, 0.2) is 30.0 Å². The van der Waals surface area contributed by atoms with Gasteiger partial charge < -0.3 is 0 Å². The van der Waals surface area contributed by atoms with Crippen LogP contribution in [-0.4, -0.2) is 0 Å². The molecular weight excluding hydrogens is 1390 g/mol. The highest BCUT2D eigenvalue weighted by Gasteiger charge is 2.47. The Labute approximate surface area is 699 Å². The quantitative estimate of drug-likeness (QED) is 0.153. The zero-order valence-corrected chi connectivity index (χ0v) is 69.3. The molecule has 115 heavy (non-hydrogen) atoms. The van der Waals surface area contributed by atoms with E-state index in [9.17, 15) is 0 Å². The highest BCUT2D eigenvalue weighted by molar-refractivity contribution is 5.66. The minimum atomic E-state index is 0. The first-order chi connectivity index (χ1) is 53.5. The predicted octanol–water partition coefficient (Wildman–Crippen LogP) is 26.2. The molecular formula is C110H150N5+5. The maximum Gasteiger partial charge on any atom is 0.212 e. The molecule has 10 aliphatic carbocycles. The Bertz CT molecular complexity index is 4890. The number of aromatic nitrogens is 5. The van der Waals surface area contributed by atoms with Crippen LogP contribution in [0.3, 0.4) is 0 Å². The number of pyridine rings is 5. The SMILES string of the molecule is C.C.C.C.C.Cc1ccccc1-c1cc2c(c[n+]1C)C1(CCCCC1)CC2.Cc1ccccc1-c1cc2c(c[n+]1C)CC1(CCCCC1)C2.Cc1ccccc1-c1cc2c(c[n+]1C)CCC21CCCCC1.Cc1ccccc1-c1ccc2c([n+]1C)CC1(CCCCC1)C2.Cc1ccccc1-c1ccc2c([n+]1C)CCC21CCCCC1. The maximum atomic E-state index is 2.52. The van der Waals surface area contributed by atoms with Crippen LogP contribution >= 0.6 is 0 Å². The van der Waals surface area contributed by atoms with Gasteiger partial charge in [-0.2, -0.15) is 9.13 Å². The standard InChI is InChI=1S/5C21H26N.5CH4/c1-16-8-4-5-9-17(16)19-11-10-18-20(22(19)2)12-15-21(18)13-6-3-7-14-21;1-16-8-4-5-9-18(16)19-11-10-17-14-21(12-6-3-7-13-21)15-20(17)22(19)2;1-16-8-4-5-9-18(16)20-14-19-17(15-22(20)2)10-13-21(19)11-6-3-7-12-21;1-16-8-4-5-9-18(16)20-14-17-10-13-21(11-6-3-7-12-21)19(17)15-22(20)2;1-16-8-4-5-9-19(16)20-12-17-13-21(10-6-3-7-11-21)14-18(17)15-22(20)2;;;;;/h2*4-5,8-11H,3,6-7,12-15H2,1-2H3;2*4-5,8-9,14-15H,3,6-7,10-13H2,1-2H3;4-5,8-9,12,15H,3,6-7,10-11,13-14H2,1-2H3;5*1H4/q5*+1;;;;;. The summed E-state index contributed by atoms with van der Waals surface area (Å²) in [5.74, 6) is 0. The first-order valence-corrected chi connectivity index (χ1v) is 43.9. The summed E-state index contributed by atoms with van der Waals surface area (Å²) in [5, 5.41) is 0. The zero-order valence-electron chi connectivity index (χ0n) is 69.3. The lowest BCUT2D eigenvalue weighted by atomic mass is 9.70. The Morgan fingerprint density at radius 2 is 0.557 bits per heavy atom. The largest absolute Gasteiger partial charge is 0.212 e. The van der Waals surface area contributed by atoms with Crippen LogP contribution in [0.2, 0.25) is 0 Å². The fourth-order valence-electron chi connectivity index (χ4n) is 23.9. The summed E-state index contributed by atoms with van der Waals surface area (Å²) in [6.45, 7) is 11.1. The van der Waals surface area contributed by atoms with E-state index >= 15 is 0 Å². The Balaban J connectivity index is 0.000000140. The van der Waals surface area contributed by atoms with Gasteiger partial charge in [0.1, 0.15) is 35.2 Å². The van der Waals surface area contributed by atoms with Gasteiger partial charge in [-0.1, -0.05) is 224 Å². The van der Waals surface area contributed by atoms with Crippen LogP contribution in [-0.2, 0) is 96.4 Å². The molecule has 0 N–H and O–H groups in total. The summed E-state index contributed by atoms with van der Waals surface area (Å²) in [5.41, 5.74) is 39.4. The maximum absolute atomic E-state index is 2.52. The van der Waals surface area contributed by atoms with E-state index in [4.69, 9.17) is 0 Å². The molecule has 610 valence electrons. The molecule has 20 rings (SSSR count). The van der Waals surface area contributed by atoms with Crippen molar-refractivity contribution < 1.29 is 22.8 Å². The molecule has 0 bridgehead atoms. The second-order valence-corrected chi connectivity index (χ2v) is 37.1. The van der Waals surface area contributed by atoms with Gasteiger partial charge in [0, 0.05) is 110 Å². The second-order valence-electron chi connectivity index (χ2n) is 37.1. The highest BCUT2D eigenvalue weighted by Crippen LogP contribution is 2.53. The average Bonchev–Trinajstić information content (AvgIpc) is 1.66. The topological polar surface area (TPSA) is 19.4 Å². The molecule has 0 amide bonds. The smallest absolute Gasteiger partial charge is 0.201 e. The van der Waals surface area contributed by atoms with E-state index in [1.807, 2.05) is 0 Å². The Morgan fingerprint density at radius 3 is 1.01 bits per heavy atom.